The fraction of sp³-hybridized carbons (Fsp3) is 0.562. The molecule has 1 aliphatic heterocycles. The van der Waals surface area contributed by atoms with Crippen molar-refractivity contribution < 1.29 is 19.2 Å². The van der Waals surface area contributed by atoms with E-state index in [9.17, 15) is 14.9 Å². The Labute approximate surface area is 140 Å². The zero-order valence-electron chi connectivity index (χ0n) is 14.0. The van der Waals surface area contributed by atoms with E-state index in [-0.39, 0.29) is 23.7 Å². The Morgan fingerprint density at radius 3 is 2.79 bits per heavy atom. The molecule has 1 aromatic carbocycles. The predicted octanol–water partition coefficient (Wildman–Crippen LogP) is 1.20. The van der Waals surface area contributed by atoms with Gasteiger partial charge in [-0.05, 0) is 19.9 Å². The number of hydrogen-bond donors (Lipinski definition) is 1. The molecule has 0 aromatic heterocycles. The van der Waals surface area contributed by atoms with Crippen LogP contribution in [-0.2, 0) is 9.53 Å². The number of morpholine rings is 1. The first-order valence-corrected chi connectivity index (χ1v) is 7.85. The molecule has 0 bridgehead atoms. The molecule has 0 unspecified atom stereocenters. The zero-order chi connectivity index (χ0) is 17.6. The quantitative estimate of drug-likeness (QED) is 0.593. The van der Waals surface area contributed by atoms with Crippen molar-refractivity contribution in [1.29, 1.82) is 0 Å². The van der Waals surface area contributed by atoms with Crippen molar-refractivity contribution in [3.8, 4) is 5.75 Å². The van der Waals surface area contributed by atoms with Crippen LogP contribution in [0.15, 0.2) is 24.3 Å². The van der Waals surface area contributed by atoms with Crippen LogP contribution in [-0.4, -0.2) is 60.7 Å². The molecule has 1 aromatic rings. The Hall–Kier alpha value is -2.19. The largest absolute Gasteiger partial charge is 0.484 e. The molecule has 132 valence electrons. The van der Waals surface area contributed by atoms with Gasteiger partial charge in [-0.2, -0.15) is 0 Å². The van der Waals surface area contributed by atoms with Gasteiger partial charge in [-0.1, -0.05) is 6.07 Å². The molecule has 1 saturated heterocycles. The molecular formula is C16H23N3O5. The lowest BCUT2D eigenvalue weighted by atomic mass is 10.0. The summed E-state index contributed by atoms with van der Waals surface area (Å²) in [6.07, 6.45) is 0. The number of ether oxygens (including phenoxy) is 2. The van der Waals surface area contributed by atoms with Gasteiger partial charge in [0.2, 0.25) is 0 Å². The molecule has 1 aliphatic rings. The molecule has 0 atom stereocenters. The van der Waals surface area contributed by atoms with Crippen LogP contribution in [0.5, 0.6) is 5.75 Å². The Kier molecular flexibility index (Phi) is 6.10. The van der Waals surface area contributed by atoms with Gasteiger partial charge < -0.3 is 14.8 Å². The molecule has 1 amide bonds. The van der Waals surface area contributed by atoms with Crippen LogP contribution in [0, 0.1) is 10.1 Å². The molecule has 0 saturated carbocycles. The van der Waals surface area contributed by atoms with E-state index in [2.05, 4.69) is 24.1 Å². The number of nitro benzene ring substituents is 1. The monoisotopic (exact) mass is 337 g/mol. The van der Waals surface area contributed by atoms with Crippen molar-refractivity contribution >= 4 is 11.6 Å². The van der Waals surface area contributed by atoms with Gasteiger partial charge in [0.1, 0.15) is 5.75 Å². The van der Waals surface area contributed by atoms with Crippen LogP contribution in [0.25, 0.3) is 0 Å². The summed E-state index contributed by atoms with van der Waals surface area (Å²) in [5.74, 6) is 0.0367. The third-order valence-electron chi connectivity index (χ3n) is 3.98. The Balaban J connectivity index is 1.78. The van der Waals surface area contributed by atoms with E-state index in [0.29, 0.717) is 25.5 Å². The van der Waals surface area contributed by atoms with Gasteiger partial charge in [0.05, 0.1) is 24.2 Å². The second kappa shape index (κ2) is 8.07. The number of nitrogens with zero attached hydrogens (tertiary/aromatic N) is 2. The normalized spacial score (nSPS) is 15.8. The molecule has 1 heterocycles. The maximum atomic E-state index is 12.0. The number of carbonyl (C=O) groups excluding carboxylic acids is 1. The summed E-state index contributed by atoms with van der Waals surface area (Å²) in [6, 6.07) is 5.77. The highest BCUT2D eigenvalue weighted by Crippen LogP contribution is 2.19. The van der Waals surface area contributed by atoms with Crippen molar-refractivity contribution in [1.82, 2.24) is 10.2 Å². The number of hydrogen-bond acceptors (Lipinski definition) is 6. The van der Waals surface area contributed by atoms with Gasteiger partial charge in [-0.15, -0.1) is 0 Å². The van der Waals surface area contributed by atoms with Crippen LogP contribution < -0.4 is 10.1 Å². The van der Waals surface area contributed by atoms with Gasteiger partial charge in [0.25, 0.3) is 11.6 Å². The van der Waals surface area contributed by atoms with Crippen molar-refractivity contribution in [2.24, 2.45) is 0 Å². The van der Waals surface area contributed by atoms with E-state index in [4.69, 9.17) is 9.47 Å². The van der Waals surface area contributed by atoms with Crippen molar-refractivity contribution in [3.05, 3.63) is 34.4 Å². The third kappa shape index (κ3) is 5.17. The summed E-state index contributed by atoms with van der Waals surface area (Å²) in [5, 5.41) is 13.6. The highest BCUT2D eigenvalue weighted by atomic mass is 16.6. The Bertz CT molecular complexity index is 585. The summed E-state index contributed by atoms with van der Waals surface area (Å²) < 4.78 is 10.7. The maximum absolute atomic E-state index is 12.0. The summed E-state index contributed by atoms with van der Waals surface area (Å²) in [6.45, 7) is 7.53. The molecule has 8 heteroatoms. The minimum absolute atomic E-state index is 0.0682. The van der Waals surface area contributed by atoms with Gasteiger partial charge in [0, 0.05) is 31.2 Å². The van der Waals surface area contributed by atoms with Crippen LogP contribution >= 0.6 is 0 Å². The van der Waals surface area contributed by atoms with E-state index in [0.717, 1.165) is 13.1 Å². The number of amides is 1. The molecular weight excluding hydrogens is 314 g/mol. The number of benzene rings is 1. The van der Waals surface area contributed by atoms with Crippen molar-refractivity contribution in [2.45, 2.75) is 19.4 Å². The first kappa shape index (κ1) is 18.2. The van der Waals surface area contributed by atoms with Gasteiger partial charge in [0.15, 0.2) is 6.61 Å². The average Bonchev–Trinajstić information content (AvgIpc) is 2.59. The second-order valence-corrected chi connectivity index (χ2v) is 6.23. The topological polar surface area (TPSA) is 93.9 Å². The lowest BCUT2D eigenvalue weighted by Gasteiger charge is -2.40. The molecule has 0 aliphatic carbocycles. The Morgan fingerprint density at radius 1 is 1.42 bits per heavy atom. The molecule has 2 rings (SSSR count). The highest BCUT2D eigenvalue weighted by molar-refractivity contribution is 5.77. The van der Waals surface area contributed by atoms with E-state index in [1.165, 1.54) is 18.2 Å². The lowest BCUT2D eigenvalue weighted by molar-refractivity contribution is -0.384. The smallest absolute Gasteiger partial charge is 0.273 e. The second-order valence-electron chi connectivity index (χ2n) is 6.23. The molecule has 0 spiro atoms. The number of rotatable bonds is 7. The van der Waals surface area contributed by atoms with E-state index in [1.54, 1.807) is 6.07 Å². The number of nitrogens with one attached hydrogen (secondary N) is 1. The van der Waals surface area contributed by atoms with Crippen LogP contribution in [0.4, 0.5) is 5.69 Å². The number of carbonyl (C=O) groups is 1. The molecule has 0 radical (unpaired) electrons. The van der Waals surface area contributed by atoms with Gasteiger partial charge in [-0.25, -0.2) is 0 Å². The zero-order valence-corrected chi connectivity index (χ0v) is 14.0. The first-order valence-electron chi connectivity index (χ1n) is 7.85. The van der Waals surface area contributed by atoms with Gasteiger partial charge in [-0.3, -0.25) is 19.8 Å². The van der Waals surface area contributed by atoms with Crippen LogP contribution in [0.3, 0.4) is 0 Å². The fourth-order valence-electron chi connectivity index (χ4n) is 2.48. The van der Waals surface area contributed by atoms with Crippen LogP contribution in [0.2, 0.25) is 0 Å². The summed E-state index contributed by atoms with van der Waals surface area (Å²) >= 11 is 0. The Morgan fingerprint density at radius 2 is 2.12 bits per heavy atom. The van der Waals surface area contributed by atoms with Crippen molar-refractivity contribution in [3.63, 3.8) is 0 Å². The fourth-order valence-corrected chi connectivity index (χ4v) is 2.48. The van der Waals surface area contributed by atoms with Crippen molar-refractivity contribution in [2.75, 3.05) is 39.5 Å². The standard InChI is InChI=1S/C16H23N3O5/c1-16(2,18-6-8-23-9-7-18)12-17-15(20)11-24-14-5-3-4-13(10-14)19(21)22/h3-5,10H,6-9,11-12H2,1-2H3,(H,17,20). The van der Waals surface area contributed by atoms with Crippen LogP contribution in [0.1, 0.15) is 13.8 Å². The first-order chi connectivity index (χ1) is 11.4. The highest BCUT2D eigenvalue weighted by Gasteiger charge is 2.28. The van der Waals surface area contributed by atoms with E-state index in [1.807, 2.05) is 0 Å². The molecule has 8 nitrogen and oxygen atoms in total. The molecule has 24 heavy (non-hydrogen) atoms. The maximum Gasteiger partial charge on any atom is 0.273 e. The molecule has 1 N–H and O–H groups in total. The minimum Gasteiger partial charge on any atom is -0.484 e. The summed E-state index contributed by atoms with van der Waals surface area (Å²) in [4.78, 5) is 24.4. The summed E-state index contributed by atoms with van der Waals surface area (Å²) in [7, 11) is 0. The number of nitro groups is 1. The minimum atomic E-state index is -0.502. The predicted molar refractivity (Wildman–Crippen MR) is 88.1 cm³/mol. The SMILES string of the molecule is CC(C)(CNC(=O)COc1cccc([N+](=O)[O-])c1)N1CCOCC1. The third-order valence-corrected chi connectivity index (χ3v) is 3.98. The van der Waals surface area contributed by atoms with E-state index < -0.39 is 4.92 Å². The lowest BCUT2D eigenvalue weighted by Crippen LogP contribution is -2.55. The average molecular weight is 337 g/mol. The summed E-state index contributed by atoms with van der Waals surface area (Å²) in [5.41, 5.74) is -0.244. The molecule has 1 fully saturated rings. The van der Waals surface area contributed by atoms with E-state index >= 15 is 0 Å². The van der Waals surface area contributed by atoms with Gasteiger partial charge >= 0.3 is 0 Å². The number of non-ortho nitro benzene ring substituents is 1.